The summed E-state index contributed by atoms with van der Waals surface area (Å²) < 4.78 is 79.3. The molecule has 11 heteroatoms. The minimum absolute atomic E-state index is 0.0441. The number of aryl methyl sites for hydroxylation is 1. The molecule has 0 amide bonds. The average Bonchev–Trinajstić information content (AvgIpc) is 2.79. The first kappa shape index (κ1) is 23.1. The number of hydrogen-bond donors (Lipinski definition) is 0. The molecule has 0 radical (unpaired) electrons. The van der Waals surface area contributed by atoms with E-state index < -0.39 is 32.5 Å². The van der Waals surface area contributed by atoms with E-state index in [2.05, 4.69) is 10.2 Å². The highest BCUT2D eigenvalue weighted by atomic mass is 32.2. The van der Waals surface area contributed by atoms with Gasteiger partial charge < -0.3 is 4.90 Å². The van der Waals surface area contributed by atoms with Crippen LogP contribution < -0.4 is 4.90 Å². The predicted octanol–water partition coefficient (Wildman–Crippen LogP) is 4.12. The number of sulfonamides is 1. The van der Waals surface area contributed by atoms with Gasteiger partial charge in [0.1, 0.15) is 5.82 Å². The summed E-state index contributed by atoms with van der Waals surface area (Å²) in [6, 6.07) is 13.2. The molecule has 33 heavy (non-hydrogen) atoms. The number of alkyl halides is 3. The number of halogens is 4. The fourth-order valence-corrected chi connectivity index (χ4v) is 5.01. The van der Waals surface area contributed by atoms with Crippen LogP contribution in [0.2, 0.25) is 0 Å². The summed E-state index contributed by atoms with van der Waals surface area (Å²) in [7, 11) is -4.21. The van der Waals surface area contributed by atoms with Crippen LogP contribution in [0, 0.1) is 12.7 Å². The van der Waals surface area contributed by atoms with E-state index in [1.807, 2.05) is 42.2 Å². The predicted molar refractivity (Wildman–Crippen MR) is 115 cm³/mol. The Morgan fingerprint density at radius 1 is 0.879 bits per heavy atom. The topological polar surface area (TPSA) is 66.4 Å². The second-order valence-corrected chi connectivity index (χ2v) is 9.61. The van der Waals surface area contributed by atoms with Gasteiger partial charge in [-0.15, -0.1) is 10.2 Å². The molecule has 4 rings (SSSR count). The summed E-state index contributed by atoms with van der Waals surface area (Å²) in [6.07, 6.45) is -4.99. The number of benzene rings is 2. The molecule has 1 aromatic heterocycles. The van der Waals surface area contributed by atoms with Crippen molar-refractivity contribution in [2.75, 3.05) is 31.1 Å². The van der Waals surface area contributed by atoms with Crippen molar-refractivity contribution in [3.63, 3.8) is 0 Å². The summed E-state index contributed by atoms with van der Waals surface area (Å²) in [5, 5.41) is 8.48. The summed E-state index contributed by atoms with van der Waals surface area (Å²) in [4.78, 5) is 1.26. The lowest BCUT2D eigenvalue weighted by Crippen LogP contribution is -2.49. The molecule has 0 spiro atoms. The molecule has 1 aliphatic rings. The van der Waals surface area contributed by atoms with Crippen LogP contribution in [-0.4, -0.2) is 49.1 Å². The zero-order valence-electron chi connectivity index (χ0n) is 17.6. The highest BCUT2D eigenvalue weighted by Crippen LogP contribution is 2.33. The molecule has 0 aliphatic carbocycles. The van der Waals surface area contributed by atoms with E-state index in [0.717, 1.165) is 21.5 Å². The normalized spacial score (nSPS) is 15.6. The summed E-state index contributed by atoms with van der Waals surface area (Å²) in [5.41, 5.74) is 1.16. The van der Waals surface area contributed by atoms with Crippen LogP contribution in [0.25, 0.3) is 11.3 Å². The molecular formula is C22H20F4N4O2S. The first-order chi connectivity index (χ1) is 15.6. The third kappa shape index (κ3) is 4.83. The van der Waals surface area contributed by atoms with Gasteiger partial charge in [0.2, 0.25) is 10.0 Å². The second kappa shape index (κ2) is 8.71. The van der Waals surface area contributed by atoms with E-state index in [1.54, 1.807) is 6.07 Å². The van der Waals surface area contributed by atoms with E-state index in [1.165, 1.54) is 0 Å². The molecule has 6 nitrogen and oxygen atoms in total. The number of aromatic nitrogens is 2. The third-order valence-electron chi connectivity index (χ3n) is 5.44. The Bertz CT molecular complexity index is 1240. The molecule has 1 saturated heterocycles. The van der Waals surface area contributed by atoms with Gasteiger partial charge in [-0.3, -0.25) is 0 Å². The fraction of sp³-hybridized carbons (Fsp3) is 0.273. The molecule has 0 saturated carbocycles. The lowest BCUT2D eigenvalue weighted by Gasteiger charge is -2.34. The van der Waals surface area contributed by atoms with Crippen molar-refractivity contribution in [1.29, 1.82) is 0 Å². The van der Waals surface area contributed by atoms with Gasteiger partial charge in [0.25, 0.3) is 0 Å². The van der Waals surface area contributed by atoms with Crippen LogP contribution in [-0.2, 0) is 16.2 Å². The monoisotopic (exact) mass is 480 g/mol. The Hall–Kier alpha value is -3.05. The number of hydrogen-bond acceptors (Lipinski definition) is 5. The van der Waals surface area contributed by atoms with Crippen molar-refractivity contribution < 1.29 is 26.0 Å². The first-order valence-electron chi connectivity index (χ1n) is 10.1. The van der Waals surface area contributed by atoms with Gasteiger partial charge in [-0.25, -0.2) is 12.8 Å². The van der Waals surface area contributed by atoms with Gasteiger partial charge in [0, 0.05) is 31.7 Å². The maximum absolute atomic E-state index is 13.5. The van der Waals surface area contributed by atoms with Crippen LogP contribution >= 0.6 is 0 Å². The van der Waals surface area contributed by atoms with Crippen LogP contribution in [0.5, 0.6) is 0 Å². The quantitative estimate of drug-likeness (QED) is 0.526. The minimum Gasteiger partial charge on any atom is -0.352 e. The van der Waals surface area contributed by atoms with E-state index >= 15 is 0 Å². The molecule has 0 unspecified atom stereocenters. The van der Waals surface area contributed by atoms with Gasteiger partial charge in [-0.05, 0) is 37.3 Å². The van der Waals surface area contributed by atoms with Gasteiger partial charge >= 0.3 is 6.18 Å². The molecule has 0 atom stereocenters. The van der Waals surface area contributed by atoms with Crippen molar-refractivity contribution in [1.82, 2.24) is 14.5 Å². The van der Waals surface area contributed by atoms with Crippen LogP contribution in [0.3, 0.4) is 0 Å². The van der Waals surface area contributed by atoms with Crippen molar-refractivity contribution in [3.8, 4) is 11.3 Å². The minimum atomic E-state index is -4.99. The first-order valence-corrected chi connectivity index (χ1v) is 11.5. The van der Waals surface area contributed by atoms with Crippen molar-refractivity contribution in [2.45, 2.75) is 18.0 Å². The van der Waals surface area contributed by atoms with E-state index in [4.69, 9.17) is 0 Å². The van der Waals surface area contributed by atoms with E-state index in [9.17, 15) is 26.0 Å². The lowest BCUT2D eigenvalue weighted by atomic mass is 10.1. The highest BCUT2D eigenvalue weighted by molar-refractivity contribution is 7.89. The second-order valence-electron chi connectivity index (χ2n) is 7.67. The van der Waals surface area contributed by atoms with E-state index in [-0.39, 0.29) is 26.2 Å². The largest absolute Gasteiger partial charge is 0.419 e. The third-order valence-corrected chi connectivity index (χ3v) is 7.34. The summed E-state index contributed by atoms with van der Waals surface area (Å²) in [6.45, 7) is 2.64. The smallest absolute Gasteiger partial charge is 0.352 e. The Kier molecular flexibility index (Phi) is 6.10. The highest BCUT2D eigenvalue weighted by Gasteiger charge is 2.37. The summed E-state index contributed by atoms with van der Waals surface area (Å²) in [5.74, 6) is -0.942. The number of rotatable bonds is 4. The van der Waals surface area contributed by atoms with Gasteiger partial charge in [-0.2, -0.15) is 17.5 Å². The number of anilines is 1. The average molecular weight is 480 g/mol. The molecular weight excluding hydrogens is 460 g/mol. The van der Waals surface area contributed by atoms with Crippen LogP contribution in [0.1, 0.15) is 11.1 Å². The Balaban J connectivity index is 1.46. The lowest BCUT2D eigenvalue weighted by molar-refractivity contribution is -0.140. The van der Waals surface area contributed by atoms with Crippen LogP contribution in [0.4, 0.5) is 23.4 Å². The molecule has 0 bridgehead atoms. The SMILES string of the molecule is Cc1ccc(-c2ccc(N3CCN(S(=O)(=O)c4ccc(F)c(C(F)(F)F)c4)CC3)nn2)cc1. The van der Waals surface area contributed by atoms with Crippen molar-refractivity contribution >= 4 is 15.8 Å². The van der Waals surface area contributed by atoms with Gasteiger partial charge in [0.05, 0.1) is 16.2 Å². The number of piperazine rings is 1. The fourth-order valence-electron chi connectivity index (χ4n) is 3.56. The maximum atomic E-state index is 13.5. The standard InChI is InChI=1S/C22H20F4N4O2S/c1-15-2-4-16(5-3-15)20-8-9-21(28-27-20)29-10-12-30(13-11-29)33(31,32)17-6-7-19(23)18(14-17)22(24,25)26/h2-9,14H,10-13H2,1H3. The van der Waals surface area contributed by atoms with Gasteiger partial charge in [0.15, 0.2) is 5.82 Å². The zero-order chi connectivity index (χ0) is 23.8. The van der Waals surface area contributed by atoms with Gasteiger partial charge in [-0.1, -0.05) is 29.8 Å². The molecule has 174 valence electrons. The molecule has 3 aromatic rings. The molecule has 2 aromatic carbocycles. The van der Waals surface area contributed by atoms with Crippen molar-refractivity contribution in [2.24, 2.45) is 0 Å². The molecule has 0 N–H and O–H groups in total. The maximum Gasteiger partial charge on any atom is 0.419 e. The molecule has 2 heterocycles. The van der Waals surface area contributed by atoms with Crippen LogP contribution in [0.15, 0.2) is 59.5 Å². The Labute approximate surface area is 188 Å². The molecule has 1 fully saturated rings. The summed E-state index contributed by atoms with van der Waals surface area (Å²) >= 11 is 0. The number of nitrogens with zero attached hydrogens (tertiary/aromatic N) is 4. The Morgan fingerprint density at radius 3 is 2.12 bits per heavy atom. The van der Waals surface area contributed by atoms with E-state index in [0.29, 0.717) is 23.6 Å². The molecule has 1 aliphatic heterocycles. The zero-order valence-corrected chi connectivity index (χ0v) is 18.4. The Morgan fingerprint density at radius 2 is 1.55 bits per heavy atom. The van der Waals surface area contributed by atoms with Crippen molar-refractivity contribution in [3.05, 3.63) is 71.5 Å².